The van der Waals surface area contributed by atoms with E-state index < -0.39 is 18.6 Å². The van der Waals surface area contributed by atoms with Gasteiger partial charge in [-0.1, -0.05) is 0 Å². The first kappa shape index (κ1) is 26.5. The molecule has 0 amide bonds. The van der Waals surface area contributed by atoms with Gasteiger partial charge in [-0.05, 0) is 44.7 Å². The smallest absolute Gasteiger partial charge is 0.296 e. The van der Waals surface area contributed by atoms with Gasteiger partial charge in [-0.15, -0.1) is 0 Å². The molecule has 0 radical (unpaired) electrons. The van der Waals surface area contributed by atoms with Gasteiger partial charge < -0.3 is 24.4 Å². The van der Waals surface area contributed by atoms with E-state index in [0.29, 0.717) is 46.2 Å². The molecule has 0 saturated carbocycles. The van der Waals surface area contributed by atoms with E-state index >= 15 is 0 Å². The normalized spacial score (nSPS) is 17.0. The number of nitrogens with zero attached hydrogens (tertiary/aromatic N) is 8. The van der Waals surface area contributed by atoms with Gasteiger partial charge in [-0.2, -0.15) is 10.1 Å². The predicted octanol–water partition coefficient (Wildman–Crippen LogP) is 4.42. The first-order valence-corrected chi connectivity index (χ1v) is 13.0. The van der Waals surface area contributed by atoms with Crippen LogP contribution < -0.4 is 19.5 Å². The maximum absolute atomic E-state index is 15.0. The van der Waals surface area contributed by atoms with E-state index in [9.17, 15) is 8.78 Å². The molecule has 1 atom stereocenters. The van der Waals surface area contributed by atoms with Crippen LogP contribution in [0.2, 0.25) is 0 Å². The van der Waals surface area contributed by atoms with Crippen molar-refractivity contribution in [2.24, 2.45) is 0 Å². The van der Waals surface area contributed by atoms with Crippen molar-refractivity contribution in [1.29, 1.82) is 0 Å². The van der Waals surface area contributed by atoms with Crippen LogP contribution in [-0.4, -0.2) is 78.2 Å². The van der Waals surface area contributed by atoms with E-state index in [0.717, 1.165) is 5.56 Å². The number of pyridine rings is 1. The second kappa shape index (κ2) is 10.7. The lowest BCUT2D eigenvalue weighted by atomic mass is 10.0. The third-order valence-corrected chi connectivity index (χ3v) is 6.64. The lowest BCUT2D eigenvalue weighted by Crippen LogP contribution is -2.52. The molecular formula is C27H27F2N9O3. The maximum Gasteiger partial charge on any atom is 0.296 e. The zero-order valence-electron chi connectivity index (χ0n) is 22.6. The van der Waals surface area contributed by atoms with Gasteiger partial charge in [0.15, 0.2) is 17.6 Å². The molecule has 5 heterocycles. The van der Waals surface area contributed by atoms with Gasteiger partial charge in [0.2, 0.25) is 0 Å². The Hall–Kier alpha value is -4.72. The third kappa shape index (κ3) is 5.37. The lowest BCUT2D eigenvalue weighted by Gasteiger charge is -2.36. The number of piperidine rings is 1. The molecule has 41 heavy (non-hydrogen) atoms. The summed E-state index contributed by atoms with van der Waals surface area (Å²) in [4.78, 5) is 22.8. The molecule has 1 saturated heterocycles. The van der Waals surface area contributed by atoms with E-state index in [1.165, 1.54) is 23.4 Å². The summed E-state index contributed by atoms with van der Waals surface area (Å²) in [5.74, 6) is -0.949. The number of ether oxygens (including phenoxy) is 3. The van der Waals surface area contributed by atoms with Crippen molar-refractivity contribution in [3.63, 3.8) is 0 Å². The van der Waals surface area contributed by atoms with Crippen molar-refractivity contribution in [1.82, 2.24) is 39.4 Å². The van der Waals surface area contributed by atoms with E-state index in [2.05, 4.69) is 35.3 Å². The van der Waals surface area contributed by atoms with Gasteiger partial charge in [-0.25, -0.2) is 33.2 Å². The zero-order valence-corrected chi connectivity index (χ0v) is 22.6. The number of likely N-dealkylation sites (tertiary alicyclic amines) is 1. The van der Waals surface area contributed by atoms with Crippen LogP contribution in [0.15, 0.2) is 49.4 Å². The minimum absolute atomic E-state index is 0.0781. The Morgan fingerprint density at radius 3 is 2.78 bits per heavy atom. The van der Waals surface area contributed by atoms with Gasteiger partial charge in [0.05, 0.1) is 42.6 Å². The van der Waals surface area contributed by atoms with Gasteiger partial charge >= 0.3 is 0 Å². The molecule has 1 fully saturated rings. The second-order valence-corrected chi connectivity index (χ2v) is 9.70. The van der Waals surface area contributed by atoms with Gasteiger partial charge in [0.1, 0.15) is 24.2 Å². The number of halogens is 2. The molecular weight excluding hydrogens is 536 g/mol. The molecule has 1 aliphatic rings. The van der Waals surface area contributed by atoms with E-state index in [4.69, 9.17) is 14.2 Å². The highest BCUT2D eigenvalue weighted by atomic mass is 19.3. The van der Waals surface area contributed by atoms with Crippen molar-refractivity contribution in [3.05, 3.63) is 55.0 Å². The molecule has 6 rings (SSSR count). The summed E-state index contributed by atoms with van der Waals surface area (Å²) in [5.41, 5.74) is 1.93. The lowest BCUT2D eigenvalue weighted by molar-refractivity contribution is -0.135. The van der Waals surface area contributed by atoms with Crippen LogP contribution in [0.5, 0.6) is 23.1 Å². The molecule has 1 N–H and O–H groups in total. The van der Waals surface area contributed by atoms with Crippen LogP contribution >= 0.6 is 0 Å². The monoisotopic (exact) mass is 563 g/mol. The Morgan fingerprint density at radius 2 is 1.98 bits per heavy atom. The Morgan fingerprint density at radius 1 is 1.10 bits per heavy atom. The average molecular weight is 564 g/mol. The minimum Gasteiger partial charge on any atom is -0.478 e. The Kier molecular flexibility index (Phi) is 6.91. The average Bonchev–Trinajstić information content (AvgIpc) is 3.41. The fraction of sp³-hybridized carbons (Fsp3) is 0.333. The summed E-state index contributed by atoms with van der Waals surface area (Å²) >= 11 is 0. The third-order valence-electron chi connectivity index (χ3n) is 6.64. The summed E-state index contributed by atoms with van der Waals surface area (Å²) in [6.45, 7) is 4.02. The molecule has 14 heteroatoms. The van der Waals surface area contributed by atoms with Crippen molar-refractivity contribution in [3.8, 4) is 23.1 Å². The molecule has 212 valence electrons. The molecule has 5 aromatic rings. The van der Waals surface area contributed by atoms with Gasteiger partial charge in [0, 0.05) is 18.7 Å². The Bertz CT molecular complexity index is 1710. The Balaban J connectivity index is 1.32. The quantitative estimate of drug-likeness (QED) is 0.288. The number of anilines is 2. The number of hydrogen-bond acceptors (Lipinski definition) is 11. The van der Waals surface area contributed by atoms with Crippen LogP contribution in [0, 0.1) is 6.92 Å². The number of aryl methyl sites for hydroxylation is 1. The summed E-state index contributed by atoms with van der Waals surface area (Å²) < 4.78 is 49.2. The number of alkyl halides is 2. The highest BCUT2D eigenvalue weighted by Gasteiger charge is 2.46. The number of benzene rings is 1. The maximum atomic E-state index is 15.0. The highest BCUT2D eigenvalue weighted by Crippen LogP contribution is 2.41. The summed E-state index contributed by atoms with van der Waals surface area (Å²) in [7, 11) is 1.66. The van der Waals surface area contributed by atoms with E-state index in [1.807, 2.05) is 19.1 Å². The Labute approximate surface area is 233 Å². The van der Waals surface area contributed by atoms with Crippen LogP contribution in [0.25, 0.3) is 16.7 Å². The molecule has 1 aromatic carbocycles. The van der Waals surface area contributed by atoms with Crippen molar-refractivity contribution in [2.45, 2.75) is 32.3 Å². The summed E-state index contributed by atoms with van der Waals surface area (Å²) in [6.07, 6.45) is 6.34. The van der Waals surface area contributed by atoms with Crippen molar-refractivity contribution >= 4 is 28.2 Å². The summed E-state index contributed by atoms with van der Waals surface area (Å²) in [5, 5.41) is 7.74. The summed E-state index contributed by atoms with van der Waals surface area (Å²) in [6, 6.07) is 5.49. The topological polar surface area (TPSA) is 125 Å². The largest absolute Gasteiger partial charge is 0.478 e. The fourth-order valence-electron chi connectivity index (χ4n) is 4.69. The van der Waals surface area contributed by atoms with Crippen molar-refractivity contribution in [2.75, 3.05) is 32.1 Å². The zero-order chi connectivity index (χ0) is 28.6. The first-order valence-electron chi connectivity index (χ1n) is 13.0. The minimum atomic E-state index is -3.07. The van der Waals surface area contributed by atoms with Gasteiger partial charge in [-0.3, -0.25) is 0 Å². The number of nitrogens with one attached hydrogen (secondary N) is 1. The number of hydrogen-bond donors (Lipinski definition) is 1. The molecule has 0 aliphatic carbocycles. The molecule has 1 aliphatic heterocycles. The fourth-order valence-corrected chi connectivity index (χ4v) is 4.69. The van der Waals surface area contributed by atoms with Crippen LogP contribution in [0.4, 0.5) is 20.3 Å². The molecule has 0 bridgehead atoms. The van der Waals surface area contributed by atoms with Gasteiger partial charge in [0.25, 0.3) is 17.6 Å². The molecule has 0 unspecified atom stereocenters. The molecule has 12 nitrogen and oxygen atoms in total. The predicted molar refractivity (Wildman–Crippen MR) is 145 cm³/mol. The SMILES string of the molecule is CCOc1ncc2ncnc(Nc3ccc(Oc4cnc5ncnn5c4)c(C)c3)c2c1O[C@@H]1CCN(C)CC1(F)F. The van der Waals surface area contributed by atoms with Crippen LogP contribution in [0.3, 0.4) is 0 Å². The standard InChI is InChI=1S/C27H27F2N9O3/c1-4-39-25-23(41-21-7-8-37(3)13-27(21,28)29)22-19(11-30-25)32-14-33-24(22)36-17-5-6-20(16(2)9-17)40-18-10-31-26-34-15-35-38(26)12-18/h5-6,9-12,14-15,21H,4,7-8,13H2,1-3H3,(H,32,33,36)/t21-/m1/s1. The highest BCUT2D eigenvalue weighted by molar-refractivity contribution is 5.96. The van der Waals surface area contributed by atoms with Crippen LogP contribution in [0.1, 0.15) is 18.9 Å². The second-order valence-electron chi connectivity index (χ2n) is 9.70. The van der Waals surface area contributed by atoms with Crippen LogP contribution in [-0.2, 0) is 0 Å². The van der Waals surface area contributed by atoms with Crippen molar-refractivity contribution < 1.29 is 23.0 Å². The van der Waals surface area contributed by atoms with E-state index in [1.54, 1.807) is 37.3 Å². The molecule has 0 spiro atoms. The number of rotatable bonds is 8. The number of aromatic nitrogens is 7. The number of fused-ring (bicyclic) bond motifs is 2. The first-order chi connectivity index (χ1) is 19.8. The molecule has 4 aromatic heterocycles. The van der Waals surface area contributed by atoms with E-state index in [-0.39, 0.29) is 24.7 Å².